The van der Waals surface area contributed by atoms with Gasteiger partial charge in [0.2, 0.25) is 0 Å². The highest BCUT2D eigenvalue weighted by atomic mass is 19.4. The molecule has 176 valence electrons. The number of hydrogen-bond acceptors (Lipinski definition) is 2. The molecule has 7 heteroatoms. The summed E-state index contributed by atoms with van der Waals surface area (Å²) in [5, 5.41) is 13.3. The minimum atomic E-state index is -4.44. The standard InChI is InChI=1S/C27H25F3N2O2/c1-17(2)16-26(3,25(33)34)21-13-19(18-5-7-20(8-6-18)27(28,29)30)14-24(15-21)32-23-11-9-22(31-4)10-12-23/h5-15,17,32H,16H2,1-3H3,(H,33,34). The second-order valence-electron chi connectivity index (χ2n) is 8.89. The van der Waals surface area contributed by atoms with Crippen molar-refractivity contribution in [1.29, 1.82) is 0 Å². The number of alkyl halides is 3. The van der Waals surface area contributed by atoms with Crippen LogP contribution in [0.5, 0.6) is 0 Å². The van der Waals surface area contributed by atoms with Crippen LogP contribution in [-0.2, 0) is 16.4 Å². The molecule has 0 spiro atoms. The van der Waals surface area contributed by atoms with Gasteiger partial charge in [0.1, 0.15) is 0 Å². The van der Waals surface area contributed by atoms with Crippen molar-refractivity contribution < 1.29 is 23.1 Å². The van der Waals surface area contributed by atoms with Gasteiger partial charge in [0.15, 0.2) is 5.69 Å². The molecule has 0 aliphatic heterocycles. The Morgan fingerprint density at radius 3 is 2.06 bits per heavy atom. The van der Waals surface area contributed by atoms with Crippen LogP contribution < -0.4 is 5.32 Å². The number of benzene rings is 3. The second-order valence-corrected chi connectivity index (χ2v) is 8.89. The maximum Gasteiger partial charge on any atom is 0.416 e. The van der Waals surface area contributed by atoms with Crippen LogP contribution in [0.4, 0.5) is 30.2 Å². The van der Waals surface area contributed by atoms with Gasteiger partial charge in [-0.15, -0.1) is 0 Å². The number of anilines is 2. The molecule has 0 aromatic heterocycles. The van der Waals surface area contributed by atoms with Crippen molar-refractivity contribution in [2.45, 2.75) is 38.8 Å². The third kappa shape index (κ3) is 5.57. The Kier molecular flexibility index (Phi) is 7.01. The number of carbonyl (C=O) groups is 1. The molecule has 0 aliphatic rings. The van der Waals surface area contributed by atoms with Gasteiger partial charge in [0.25, 0.3) is 0 Å². The smallest absolute Gasteiger partial charge is 0.416 e. The van der Waals surface area contributed by atoms with Crippen LogP contribution in [0.3, 0.4) is 0 Å². The van der Waals surface area contributed by atoms with Crippen molar-refractivity contribution in [2.24, 2.45) is 5.92 Å². The molecule has 3 rings (SSSR count). The number of nitrogens with zero attached hydrogens (tertiary/aromatic N) is 1. The summed E-state index contributed by atoms with van der Waals surface area (Å²) in [5.41, 5.74) is 1.53. The number of carboxylic acid groups (broad SMARTS) is 1. The Hall–Kier alpha value is -3.79. The first kappa shape index (κ1) is 24.8. The molecule has 1 atom stereocenters. The fraction of sp³-hybridized carbons (Fsp3) is 0.259. The largest absolute Gasteiger partial charge is 0.481 e. The highest BCUT2D eigenvalue weighted by Gasteiger charge is 2.36. The van der Waals surface area contributed by atoms with Gasteiger partial charge in [-0.2, -0.15) is 13.2 Å². The molecule has 0 bridgehead atoms. The molecule has 0 saturated heterocycles. The minimum Gasteiger partial charge on any atom is -0.481 e. The van der Waals surface area contributed by atoms with E-state index in [1.807, 2.05) is 13.8 Å². The molecule has 1 unspecified atom stereocenters. The first-order valence-corrected chi connectivity index (χ1v) is 10.7. The van der Waals surface area contributed by atoms with E-state index in [2.05, 4.69) is 10.2 Å². The van der Waals surface area contributed by atoms with Gasteiger partial charge in [0.05, 0.1) is 17.6 Å². The molecule has 0 radical (unpaired) electrons. The maximum absolute atomic E-state index is 13.0. The molecule has 2 N–H and O–H groups in total. The maximum atomic E-state index is 13.0. The van der Waals surface area contributed by atoms with E-state index in [-0.39, 0.29) is 5.92 Å². The number of nitrogens with one attached hydrogen (secondary N) is 1. The Morgan fingerprint density at radius 2 is 1.56 bits per heavy atom. The average molecular weight is 467 g/mol. The lowest BCUT2D eigenvalue weighted by Crippen LogP contribution is -2.34. The van der Waals surface area contributed by atoms with E-state index in [4.69, 9.17) is 6.57 Å². The molecule has 3 aromatic rings. The van der Waals surface area contributed by atoms with E-state index in [9.17, 15) is 23.1 Å². The minimum absolute atomic E-state index is 0.105. The molecule has 4 nitrogen and oxygen atoms in total. The van der Waals surface area contributed by atoms with Crippen LogP contribution in [-0.4, -0.2) is 11.1 Å². The highest BCUT2D eigenvalue weighted by Crippen LogP contribution is 2.38. The van der Waals surface area contributed by atoms with E-state index in [0.29, 0.717) is 40.2 Å². The predicted octanol–water partition coefficient (Wildman–Crippen LogP) is 8.06. The van der Waals surface area contributed by atoms with Crippen molar-refractivity contribution in [3.63, 3.8) is 0 Å². The quantitative estimate of drug-likeness (QED) is 0.346. The Labute approximate surface area is 196 Å². The zero-order chi connectivity index (χ0) is 25.1. The monoisotopic (exact) mass is 466 g/mol. The summed E-state index contributed by atoms with van der Waals surface area (Å²) in [7, 11) is 0. The van der Waals surface area contributed by atoms with Crippen LogP contribution in [0, 0.1) is 12.5 Å². The second kappa shape index (κ2) is 9.60. The van der Waals surface area contributed by atoms with E-state index in [0.717, 1.165) is 12.1 Å². The van der Waals surface area contributed by atoms with Gasteiger partial charge in [-0.25, -0.2) is 4.85 Å². The van der Waals surface area contributed by atoms with Gasteiger partial charge < -0.3 is 10.4 Å². The van der Waals surface area contributed by atoms with Crippen molar-refractivity contribution >= 4 is 23.0 Å². The molecule has 0 amide bonds. The average Bonchev–Trinajstić information content (AvgIpc) is 2.78. The lowest BCUT2D eigenvalue weighted by molar-refractivity contribution is -0.144. The third-order valence-electron chi connectivity index (χ3n) is 5.69. The van der Waals surface area contributed by atoms with Crippen LogP contribution in [0.15, 0.2) is 66.7 Å². The van der Waals surface area contributed by atoms with Crippen molar-refractivity contribution in [3.8, 4) is 11.1 Å². The first-order chi connectivity index (χ1) is 15.9. The Morgan fingerprint density at radius 1 is 0.941 bits per heavy atom. The van der Waals surface area contributed by atoms with Gasteiger partial charge in [0, 0.05) is 11.4 Å². The van der Waals surface area contributed by atoms with Gasteiger partial charge in [-0.3, -0.25) is 4.79 Å². The van der Waals surface area contributed by atoms with E-state index in [1.54, 1.807) is 49.4 Å². The van der Waals surface area contributed by atoms with Crippen LogP contribution in [0.25, 0.3) is 16.0 Å². The Balaban J connectivity index is 2.12. The molecular weight excluding hydrogens is 441 g/mol. The van der Waals surface area contributed by atoms with Crippen LogP contribution >= 0.6 is 0 Å². The molecular formula is C27H25F3N2O2. The topological polar surface area (TPSA) is 53.7 Å². The zero-order valence-corrected chi connectivity index (χ0v) is 19.1. The van der Waals surface area contributed by atoms with Gasteiger partial charge >= 0.3 is 12.1 Å². The van der Waals surface area contributed by atoms with E-state index < -0.39 is 23.1 Å². The van der Waals surface area contributed by atoms with Gasteiger partial charge in [-0.05, 0) is 78.4 Å². The first-order valence-electron chi connectivity index (χ1n) is 10.7. The van der Waals surface area contributed by atoms with Crippen molar-refractivity contribution in [1.82, 2.24) is 0 Å². The number of halogens is 3. The molecule has 34 heavy (non-hydrogen) atoms. The van der Waals surface area contributed by atoms with Crippen LogP contribution in [0.1, 0.15) is 38.3 Å². The summed E-state index contributed by atoms with van der Waals surface area (Å²) in [4.78, 5) is 15.7. The fourth-order valence-electron chi connectivity index (χ4n) is 3.97. The number of aliphatic carboxylic acids is 1. The zero-order valence-electron chi connectivity index (χ0n) is 19.1. The summed E-state index contributed by atoms with van der Waals surface area (Å²) in [5.74, 6) is -0.869. The van der Waals surface area contributed by atoms with E-state index in [1.165, 1.54) is 12.1 Å². The fourth-order valence-corrected chi connectivity index (χ4v) is 3.97. The van der Waals surface area contributed by atoms with Crippen molar-refractivity contribution in [3.05, 3.63) is 89.3 Å². The summed E-state index contributed by atoms with van der Waals surface area (Å²) >= 11 is 0. The molecule has 0 saturated carbocycles. The van der Waals surface area contributed by atoms with Crippen molar-refractivity contribution in [2.75, 3.05) is 5.32 Å². The molecule has 0 fully saturated rings. The lowest BCUT2D eigenvalue weighted by Gasteiger charge is -2.28. The third-order valence-corrected chi connectivity index (χ3v) is 5.69. The molecule has 0 heterocycles. The summed E-state index contributed by atoms with van der Waals surface area (Å²) in [6, 6.07) is 16.9. The number of carboxylic acids is 1. The molecule has 0 aliphatic carbocycles. The predicted molar refractivity (Wildman–Crippen MR) is 127 cm³/mol. The SMILES string of the molecule is [C-]#[N+]c1ccc(Nc2cc(-c3ccc(C(F)(F)F)cc3)cc(C(C)(CC(C)C)C(=O)O)c2)cc1. The lowest BCUT2D eigenvalue weighted by atomic mass is 9.75. The number of rotatable bonds is 7. The van der Waals surface area contributed by atoms with Gasteiger partial charge in [-0.1, -0.05) is 38.1 Å². The normalized spacial score (nSPS) is 13.2. The number of hydrogen-bond donors (Lipinski definition) is 2. The summed E-state index contributed by atoms with van der Waals surface area (Å²) in [6.07, 6.45) is -4.05. The summed E-state index contributed by atoms with van der Waals surface area (Å²) < 4.78 is 39.1. The highest BCUT2D eigenvalue weighted by molar-refractivity contribution is 5.83. The summed E-state index contributed by atoms with van der Waals surface area (Å²) in [6.45, 7) is 12.6. The molecule has 3 aromatic carbocycles. The Bertz CT molecular complexity index is 1210. The van der Waals surface area contributed by atoms with Crippen LogP contribution in [0.2, 0.25) is 0 Å². The van der Waals surface area contributed by atoms with E-state index >= 15 is 0 Å².